The van der Waals surface area contributed by atoms with Gasteiger partial charge in [0.25, 0.3) is 5.91 Å². The zero-order chi connectivity index (χ0) is 21.4. The Morgan fingerprint density at radius 1 is 1.26 bits per heavy atom. The molecule has 1 N–H and O–H groups in total. The smallest absolute Gasteiger partial charge is 0.264 e. The average Bonchev–Trinajstić information content (AvgIpc) is 3.46. The molecule has 4 heterocycles. The number of thiophene rings is 1. The van der Waals surface area contributed by atoms with Gasteiger partial charge in [0.05, 0.1) is 10.3 Å². The third kappa shape index (κ3) is 3.93. The van der Waals surface area contributed by atoms with Crippen molar-refractivity contribution in [3.05, 3.63) is 40.3 Å². The molecule has 3 aliphatic rings. The largest absolute Gasteiger partial charge is 0.355 e. The maximum atomic E-state index is 13.5. The first-order valence-electron chi connectivity index (χ1n) is 11.2. The molecule has 2 aromatic heterocycles. The van der Waals surface area contributed by atoms with Crippen molar-refractivity contribution in [3.8, 4) is 0 Å². The van der Waals surface area contributed by atoms with Crippen molar-refractivity contribution in [2.75, 3.05) is 37.6 Å². The van der Waals surface area contributed by atoms with E-state index in [0.29, 0.717) is 38.0 Å². The molecule has 2 atom stereocenters. The van der Waals surface area contributed by atoms with E-state index < -0.39 is 5.41 Å². The van der Waals surface area contributed by atoms with Crippen LogP contribution < -0.4 is 10.2 Å². The van der Waals surface area contributed by atoms with E-state index in [-0.39, 0.29) is 17.7 Å². The number of likely N-dealkylation sites (tertiary alicyclic amines) is 1. The highest BCUT2D eigenvalue weighted by atomic mass is 32.1. The lowest BCUT2D eigenvalue weighted by atomic mass is 9.74. The van der Waals surface area contributed by atoms with Crippen molar-refractivity contribution >= 4 is 29.1 Å². The van der Waals surface area contributed by atoms with Gasteiger partial charge in [-0.15, -0.1) is 11.3 Å². The molecule has 2 amide bonds. The number of fused-ring (bicyclic) bond motifs is 1. The molecule has 1 saturated carbocycles. The van der Waals surface area contributed by atoms with Crippen LogP contribution in [0.4, 0.5) is 5.95 Å². The summed E-state index contributed by atoms with van der Waals surface area (Å²) in [6, 6.07) is 3.80. The van der Waals surface area contributed by atoms with Crippen LogP contribution in [0.3, 0.4) is 0 Å². The Morgan fingerprint density at radius 2 is 2.06 bits per heavy atom. The Kier molecular flexibility index (Phi) is 5.42. The zero-order valence-corrected chi connectivity index (χ0v) is 18.7. The number of aryl methyl sites for hydroxylation is 1. The summed E-state index contributed by atoms with van der Waals surface area (Å²) in [6.45, 7) is 5.35. The lowest BCUT2D eigenvalue weighted by Gasteiger charge is -2.32. The molecule has 7 nitrogen and oxygen atoms in total. The van der Waals surface area contributed by atoms with Gasteiger partial charge in [-0.2, -0.15) is 0 Å². The molecule has 2 aromatic rings. The quantitative estimate of drug-likeness (QED) is 0.775. The van der Waals surface area contributed by atoms with Gasteiger partial charge in [-0.3, -0.25) is 9.59 Å². The van der Waals surface area contributed by atoms with E-state index in [4.69, 9.17) is 0 Å². The fourth-order valence-electron chi connectivity index (χ4n) is 5.07. The van der Waals surface area contributed by atoms with Gasteiger partial charge in [0, 0.05) is 51.0 Å². The van der Waals surface area contributed by atoms with Crippen LogP contribution in [0.2, 0.25) is 0 Å². The van der Waals surface area contributed by atoms with Crippen molar-refractivity contribution < 1.29 is 9.59 Å². The number of carbonyl (C=O) groups is 2. The summed E-state index contributed by atoms with van der Waals surface area (Å²) in [7, 11) is 0. The molecular weight excluding hydrogens is 410 g/mol. The number of anilines is 1. The lowest BCUT2D eigenvalue weighted by Crippen LogP contribution is -2.48. The van der Waals surface area contributed by atoms with Crippen LogP contribution in [-0.4, -0.2) is 59.4 Å². The maximum absolute atomic E-state index is 13.5. The van der Waals surface area contributed by atoms with Crippen LogP contribution in [0.1, 0.15) is 40.9 Å². The van der Waals surface area contributed by atoms with Crippen molar-refractivity contribution in [2.45, 2.75) is 32.6 Å². The van der Waals surface area contributed by atoms with Crippen LogP contribution in [-0.2, 0) is 4.79 Å². The lowest BCUT2D eigenvalue weighted by molar-refractivity contribution is -0.132. The van der Waals surface area contributed by atoms with E-state index in [1.165, 1.54) is 24.2 Å². The van der Waals surface area contributed by atoms with E-state index in [1.807, 2.05) is 23.3 Å². The molecule has 0 unspecified atom stereocenters. The van der Waals surface area contributed by atoms with Crippen LogP contribution in [0, 0.1) is 24.2 Å². The van der Waals surface area contributed by atoms with Crippen molar-refractivity contribution in [3.63, 3.8) is 0 Å². The van der Waals surface area contributed by atoms with Gasteiger partial charge in [-0.25, -0.2) is 9.97 Å². The molecule has 8 heteroatoms. The first-order valence-corrected chi connectivity index (χ1v) is 12.1. The second-order valence-electron chi connectivity index (χ2n) is 9.22. The number of carbonyl (C=O) groups excluding carboxylic acids is 2. The molecule has 0 radical (unpaired) electrons. The predicted molar refractivity (Wildman–Crippen MR) is 120 cm³/mol. The van der Waals surface area contributed by atoms with E-state index in [2.05, 4.69) is 20.2 Å². The van der Waals surface area contributed by atoms with E-state index >= 15 is 0 Å². The first kappa shape index (κ1) is 20.4. The monoisotopic (exact) mass is 439 g/mol. The highest BCUT2D eigenvalue weighted by Gasteiger charge is 2.54. The second kappa shape index (κ2) is 8.22. The molecular formula is C23H29N5O2S. The number of hydrogen-bond donors (Lipinski definition) is 1. The minimum atomic E-state index is -0.506. The first-order chi connectivity index (χ1) is 15.1. The summed E-state index contributed by atoms with van der Waals surface area (Å²) in [5, 5.41) is 5.22. The predicted octanol–water partition coefficient (Wildman–Crippen LogP) is 2.73. The van der Waals surface area contributed by atoms with Crippen molar-refractivity contribution in [2.24, 2.45) is 17.3 Å². The molecule has 31 heavy (non-hydrogen) atoms. The molecule has 2 saturated heterocycles. The number of nitrogens with one attached hydrogen (secondary N) is 1. The molecule has 164 valence electrons. The van der Waals surface area contributed by atoms with Crippen LogP contribution >= 0.6 is 11.3 Å². The Balaban J connectivity index is 1.41. The molecule has 0 aromatic carbocycles. The standard InChI is InChI=1S/C23H29N5O2S/c1-16-6-11-31-19(16)20(29)27-10-2-7-23(21(30)26-12-17-4-5-17)15-28(14-18(23)13-27)22-24-8-3-9-25-22/h3,6,8-9,11,17-18H,2,4-5,7,10,12-15H2,1H3,(H,26,30)/t18-,23-/m0/s1. The number of rotatable bonds is 5. The van der Waals surface area contributed by atoms with E-state index in [9.17, 15) is 9.59 Å². The molecule has 0 bridgehead atoms. The minimum Gasteiger partial charge on any atom is -0.355 e. The SMILES string of the molecule is Cc1ccsc1C(=O)N1CCC[C@]2(C(=O)NCC3CC3)CN(c3ncccn3)C[C@@H]2C1. The number of aromatic nitrogens is 2. The Labute approximate surface area is 186 Å². The molecule has 2 aliphatic heterocycles. The highest BCUT2D eigenvalue weighted by molar-refractivity contribution is 7.12. The van der Waals surface area contributed by atoms with Gasteiger partial charge in [0.1, 0.15) is 0 Å². The van der Waals surface area contributed by atoms with Crippen molar-refractivity contribution in [1.29, 1.82) is 0 Å². The Bertz CT molecular complexity index is 960. The molecule has 3 fully saturated rings. The van der Waals surface area contributed by atoms with Crippen LogP contribution in [0.15, 0.2) is 29.9 Å². The van der Waals surface area contributed by atoms with Gasteiger partial charge < -0.3 is 15.1 Å². The number of nitrogens with zero attached hydrogens (tertiary/aromatic N) is 4. The third-order valence-corrected chi connectivity index (χ3v) is 8.07. The summed E-state index contributed by atoms with van der Waals surface area (Å²) in [6.07, 6.45) is 7.52. The van der Waals surface area contributed by atoms with Gasteiger partial charge in [-0.1, -0.05) is 0 Å². The summed E-state index contributed by atoms with van der Waals surface area (Å²) in [5.41, 5.74) is 0.520. The van der Waals surface area contributed by atoms with Crippen LogP contribution in [0.25, 0.3) is 0 Å². The summed E-state index contributed by atoms with van der Waals surface area (Å²) < 4.78 is 0. The Morgan fingerprint density at radius 3 is 2.77 bits per heavy atom. The zero-order valence-electron chi connectivity index (χ0n) is 17.9. The van der Waals surface area contributed by atoms with Crippen molar-refractivity contribution in [1.82, 2.24) is 20.2 Å². The average molecular weight is 440 g/mol. The van der Waals surface area contributed by atoms with Gasteiger partial charge in [0.15, 0.2) is 0 Å². The van der Waals surface area contributed by atoms with Gasteiger partial charge >= 0.3 is 0 Å². The normalized spacial score (nSPS) is 25.8. The van der Waals surface area contributed by atoms with Crippen LogP contribution in [0.5, 0.6) is 0 Å². The number of amides is 2. The summed E-state index contributed by atoms with van der Waals surface area (Å²) in [4.78, 5) is 40.6. The summed E-state index contributed by atoms with van der Waals surface area (Å²) >= 11 is 1.50. The molecule has 1 aliphatic carbocycles. The highest BCUT2D eigenvalue weighted by Crippen LogP contribution is 2.44. The fraction of sp³-hybridized carbons (Fsp3) is 0.565. The van der Waals surface area contributed by atoms with Gasteiger partial charge in [0.2, 0.25) is 11.9 Å². The fourth-order valence-corrected chi connectivity index (χ4v) is 5.96. The Hall–Kier alpha value is -2.48. The third-order valence-electron chi connectivity index (χ3n) is 7.07. The molecule has 0 spiro atoms. The van der Waals surface area contributed by atoms with E-state index in [1.54, 1.807) is 18.5 Å². The second-order valence-corrected chi connectivity index (χ2v) is 10.1. The maximum Gasteiger partial charge on any atom is 0.264 e. The number of hydrogen-bond acceptors (Lipinski definition) is 6. The van der Waals surface area contributed by atoms with E-state index in [0.717, 1.165) is 29.8 Å². The molecule has 5 rings (SSSR count). The minimum absolute atomic E-state index is 0.0576. The van der Waals surface area contributed by atoms with Gasteiger partial charge in [-0.05, 0) is 61.6 Å². The summed E-state index contributed by atoms with van der Waals surface area (Å²) in [5.74, 6) is 1.60. The topological polar surface area (TPSA) is 78.4 Å².